The average Bonchev–Trinajstić information content (AvgIpc) is 2.73. The van der Waals surface area contributed by atoms with Gasteiger partial charge in [0, 0.05) is 17.2 Å². The molecule has 3 aromatic rings. The van der Waals surface area contributed by atoms with Crippen LogP contribution in [-0.4, -0.2) is 12.9 Å². The molecule has 154 valence electrons. The van der Waals surface area contributed by atoms with E-state index in [2.05, 4.69) is 0 Å². The number of benzene rings is 3. The zero-order valence-electron chi connectivity index (χ0n) is 16.4. The first-order chi connectivity index (χ1) is 14.4. The summed E-state index contributed by atoms with van der Waals surface area (Å²) in [5.41, 5.74) is 3.33. The third-order valence-electron chi connectivity index (χ3n) is 4.39. The van der Waals surface area contributed by atoms with Crippen molar-refractivity contribution in [3.05, 3.63) is 98.0 Å². The Labute approximate surface area is 190 Å². The molecule has 0 unspecified atom stereocenters. The monoisotopic (exact) mass is 460 g/mol. The molecule has 0 bridgehead atoms. The lowest BCUT2D eigenvalue weighted by Crippen LogP contribution is -2.00. The molecule has 0 aromatic heterocycles. The second kappa shape index (κ2) is 10.0. The van der Waals surface area contributed by atoms with Crippen molar-refractivity contribution in [3.8, 4) is 11.5 Å². The molecule has 0 aliphatic heterocycles. The molecule has 6 heteroatoms. The van der Waals surface area contributed by atoms with Crippen molar-refractivity contribution in [2.75, 3.05) is 7.11 Å². The zero-order valence-corrected chi connectivity index (χ0v) is 18.7. The van der Waals surface area contributed by atoms with Crippen molar-refractivity contribution in [1.29, 1.82) is 0 Å². The minimum atomic E-state index is -0.0603. The highest BCUT2D eigenvalue weighted by atomic mass is 35.5. The van der Waals surface area contributed by atoms with E-state index >= 15 is 0 Å². The number of aryl methyl sites for hydroxylation is 1. The number of carbonyl (C=O) groups excluding carboxylic acids is 1. The van der Waals surface area contributed by atoms with Crippen molar-refractivity contribution in [2.45, 2.75) is 13.5 Å². The quantitative estimate of drug-likeness (QED) is 0.208. The molecule has 0 heterocycles. The minimum Gasteiger partial charge on any atom is -0.496 e. The number of allylic oxidation sites excluding steroid dienone is 1. The summed E-state index contributed by atoms with van der Waals surface area (Å²) >= 11 is 18.2. The highest BCUT2D eigenvalue weighted by Crippen LogP contribution is 2.34. The summed E-state index contributed by atoms with van der Waals surface area (Å²) in [7, 11) is 1.59. The molecule has 0 saturated carbocycles. The maximum Gasteiger partial charge on any atom is 0.185 e. The van der Waals surface area contributed by atoms with Gasteiger partial charge in [-0.2, -0.15) is 0 Å². The lowest BCUT2D eigenvalue weighted by molar-refractivity contribution is 0.104. The Morgan fingerprint density at radius 3 is 2.43 bits per heavy atom. The highest BCUT2D eigenvalue weighted by Gasteiger charge is 2.10. The first-order valence-electron chi connectivity index (χ1n) is 9.10. The van der Waals surface area contributed by atoms with Crippen molar-refractivity contribution in [1.82, 2.24) is 0 Å². The zero-order chi connectivity index (χ0) is 21.7. The van der Waals surface area contributed by atoms with E-state index in [4.69, 9.17) is 44.3 Å². The standard InChI is InChI=1S/C24H19Cl3O3/c1-15-4-3-5-17(10-15)22(28)8-6-16-7-9-23(29-2)18(11-16)14-30-24-13-20(26)19(25)12-21(24)27/h3-13H,14H2,1-2H3/b8-6+. The lowest BCUT2D eigenvalue weighted by atomic mass is 10.1. The van der Waals surface area contributed by atoms with E-state index in [-0.39, 0.29) is 12.4 Å². The summed E-state index contributed by atoms with van der Waals surface area (Å²) in [6.07, 6.45) is 3.32. The molecule has 0 spiro atoms. The number of methoxy groups -OCH3 is 1. The molecule has 0 fully saturated rings. The number of hydrogen-bond donors (Lipinski definition) is 0. The van der Waals surface area contributed by atoms with Gasteiger partial charge in [-0.25, -0.2) is 0 Å². The molecule has 30 heavy (non-hydrogen) atoms. The fourth-order valence-corrected chi connectivity index (χ4v) is 3.44. The maximum atomic E-state index is 12.4. The van der Waals surface area contributed by atoms with Crippen LogP contribution >= 0.6 is 34.8 Å². The fourth-order valence-electron chi connectivity index (χ4n) is 2.85. The Morgan fingerprint density at radius 2 is 1.70 bits per heavy atom. The molecule has 0 N–H and O–H groups in total. The van der Waals surface area contributed by atoms with Crippen molar-refractivity contribution >= 4 is 46.7 Å². The van der Waals surface area contributed by atoms with Gasteiger partial charge in [-0.05, 0) is 42.8 Å². The highest BCUT2D eigenvalue weighted by molar-refractivity contribution is 6.43. The predicted molar refractivity (Wildman–Crippen MR) is 123 cm³/mol. The summed E-state index contributed by atoms with van der Waals surface area (Å²) in [5, 5.41) is 1.08. The van der Waals surface area contributed by atoms with Crippen LogP contribution < -0.4 is 9.47 Å². The first kappa shape index (κ1) is 22.2. The molecule has 0 atom stereocenters. The molecular formula is C24H19Cl3O3. The molecule has 3 rings (SSSR count). The van der Waals surface area contributed by atoms with Crippen molar-refractivity contribution in [3.63, 3.8) is 0 Å². The SMILES string of the molecule is COc1ccc(/C=C/C(=O)c2cccc(C)c2)cc1COc1cc(Cl)c(Cl)cc1Cl. The van der Waals surface area contributed by atoms with E-state index in [1.807, 2.05) is 43.3 Å². The van der Waals surface area contributed by atoms with Gasteiger partial charge in [0.1, 0.15) is 18.1 Å². The van der Waals surface area contributed by atoms with Crippen LogP contribution in [0.15, 0.2) is 60.7 Å². The van der Waals surface area contributed by atoms with Crippen LogP contribution in [0.25, 0.3) is 6.08 Å². The second-order valence-corrected chi connectivity index (χ2v) is 7.85. The van der Waals surface area contributed by atoms with Gasteiger partial charge in [0.2, 0.25) is 0 Å². The molecular weight excluding hydrogens is 443 g/mol. The van der Waals surface area contributed by atoms with Gasteiger partial charge in [0.25, 0.3) is 0 Å². The summed E-state index contributed by atoms with van der Waals surface area (Å²) < 4.78 is 11.2. The fraction of sp³-hybridized carbons (Fsp3) is 0.125. The topological polar surface area (TPSA) is 35.5 Å². The van der Waals surface area contributed by atoms with Gasteiger partial charge in [-0.3, -0.25) is 4.79 Å². The molecule has 0 aliphatic rings. The third-order valence-corrected chi connectivity index (χ3v) is 5.41. The Hall–Kier alpha value is -2.46. The van der Waals surface area contributed by atoms with Crippen LogP contribution in [0.1, 0.15) is 27.0 Å². The number of rotatable bonds is 7. The van der Waals surface area contributed by atoms with Crippen LogP contribution in [-0.2, 0) is 6.61 Å². The molecule has 0 radical (unpaired) electrons. The van der Waals surface area contributed by atoms with Gasteiger partial charge in [-0.15, -0.1) is 0 Å². The second-order valence-electron chi connectivity index (χ2n) is 6.62. The van der Waals surface area contributed by atoms with E-state index in [9.17, 15) is 4.79 Å². The number of halogens is 3. The first-order valence-corrected chi connectivity index (χ1v) is 10.2. The van der Waals surface area contributed by atoms with Crippen LogP contribution in [0.3, 0.4) is 0 Å². The van der Waals surface area contributed by atoms with Crippen LogP contribution in [0.4, 0.5) is 0 Å². The minimum absolute atomic E-state index is 0.0603. The molecule has 3 aromatic carbocycles. The van der Waals surface area contributed by atoms with Gasteiger partial charge in [0.05, 0.1) is 22.2 Å². The van der Waals surface area contributed by atoms with E-state index in [1.165, 1.54) is 6.07 Å². The number of ether oxygens (including phenoxy) is 2. The van der Waals surface area contributed by atoms with Crippen molar-refractivity contribution < 1.29 is 14.3 Å². The summed E-state index contributed by atoms with van der Waals surface area (Å²) in [6, 6.07) is 16.2. The van der Waals surface area contributed by atoms with Gasteiger partial charge in [0.15, 0.2) is 5.78 Å². The summed E-state index contributed by atoms with van der Waals surface area (Å²) in [6.45, 7) is 2.16. The average molecular weight is 462 g/mol. The van der Waals surface area contributed by atoms with Gasteiger partial charge >= 0.3 is 0 Å². The van der Waals surface area contributed by atoms with Gasteiger partial charge in [-0.1, -0.05) is 70.7 Å². The van der Waals surface area contributed by atoms with E-state index in [0.29, 0.717) is 32.1 Å². The summed E-state index contributed by atoms with van der Waals surface area (Å²) in [4.78, 5) is 12.4. The smallest absolute Gasteiger partial charge is 0.185 e. The Kier molecular flexibility index (Phi) is 7.43. The Balaban J connectivity index is 1.78. The predicted octanol–water partition coefficient (Wildman–Crippen LogP) is 7.44. The van der Waals surface area contributed by atoms with E-state index in [0.717, 1.165) is 16.7 Å². The molecule has 0 saturated heterocycles. The van der Waals surface area contributed by atoms with Gasteiger partial charge < -0.3 is 9.47 Å². The van der Waals surface area contributed by atoms with E-state index in [1.54, 1.807) is 31.4 Å². The van der Waals surface area contributed by atoms with Crippen LogP contribution in [0.2, 0.25) is 15.1 Å². The normalized spacial score (nSPS) is 11.0. The lowest BCUT2D eigenvalue weighted by Gasteiger charge is -2.13. The number of carbonyl (C=O) groups is 1. The van der Waals surface area contributed by atoms with E-state index < -0.39 is 0 Å². The maximum absolute atomic E-state index is 12.4. The van der Waals surface area contributed by atoms with Crippen molar-refractivity contribution in [2.24, 2.45) is 0 Å². The molecule has 3 nitrogen and oxygen atoms in total. The number of ketones is 1. The largest absolute Gasteiger partial charge is 0.496 e. The Bertz CT molecular complexity index is 1110. The molecule has 0 amide bonds. The molecule has 0 aliphatic carbocycles. The van der Waals surface area contributed by atoms with Crippen LogP contribution in [0, 0.1) is 6.92 Å². The summed E-state index contributed by atoms with van der Waals surface area (Å²) in [5.74, 6) is 1.02. The number of hydrogen-bond acceptors (Lipinski definition) is 3. The van der Waals surface area contributed by atoms with Crippen LogP contribution in [0.5, 0.6) is 11.5 Å². The Morgan fingerprint density at radius 1 is 0.933 bits per heavy atom. The third kappa shape index (κ3) is 5.57.